The summed E-state index contributed by atoms with van der Waals surface area (Å²) in [5.74, 6) is 1.89. The first kappa shape index (κ1) is 43.2. The number of ether oxygens (including phenoxy) is 5. The molecule has 10 rings (SSSR count). The van der Waals surface area contributed by atoms with E-state index in [1.165, 1.54) is 6.20 Å². The highest BCUT2D eigenvalue weighted by atomic mass is 32.2. The molecule has 4 aliphatic heterocycles. The molecule has 1 N–H and O–H groups in total. The van der Waals surface area contributed by atoms with Crippen molar-refractivity contribution in [3.8, 4) is 23.0 Å². The van der Waals surface area contributed by atoms with E-state index in [-0.39, 0.29) is 34.9 Å². The van der Waals surface area contributed by atoms with E-state index < -0.39 is 60.4 Å². The second-order valence-corrected chi connectivity index (χ2v) is 19.6. The van der Waals surface area contributed by atoms with Gasteiger partial charge in [0.25, 0.3) is 8.53 Å². The number of fused-ring (bicyclic) bond motifs is 3. The molecule has 5 aromatic carbocycles. The van der Waals surface area contributed by atoms with E-state index in [9.17, 15) is 13.2 Å². The van der Waals surface area contributed by atoms with Crippen LogP contribution in [-0.4, -0.2) is 86.3 Å². The molecular weight excluding hydrogens is 875 g/mol. The molecule has 0 bridgehead atoms. The number of hydrogen-bond acceptors (Lipinski definition) is 13. The van der Waals surface area contributed by atoms with Crippen LogP contribution in [0.25, 0.3) is 0 Å². The van der Waals surface area contributed by atoms with Gasteiger partial charge in [-0.1, -0.05) is 84.9 Å². The topological polar surface area (TPSA) is 149 Å². The van der Waals surface area contributed by atoms with Crippen LogP contribution in [0.5, 0.6) is 23.0 Å². The molecule has 14 nitrogen and oxygen atoms in total. The van der Waals surface area contributed by atoms with Gasteiger partial charge in [0.15, 0.2) is 39.6 Å². The minimum atomic E-state index is -3.74. The summed E-state index contributed by atoms with van der Waals surface area (Å²) >= 11 is 0. The summed E-state index contributed by atoms with van der Waals surface area (Å²) in [6, 6.07) is 39.9. The number of aromatic nitrogens is 2. The van der Waals surface area contributed by atoms with Crippen LogP contribution >= 0.6 is 8.53 Å². The molecule has 6 aromatic rings. The molecule has 4 aliphatic rings. The molecule has 3 saturated heterocycles. The largest absolute Gasteiger partial charge is 0.497 e. The lowest BCUT2D eigenvalue weighted by Gasteiger charge is -2.37. The predicted molar refractivity (Wildman–Crippen MR) is 240 cm³/mol. The van der Waals surface area contributed by atoms with Crippen molar-refractivity contribution in [2.75, 3.05) is 38.4 Å². The van der Waals surface area contributed by atoms with Crippen molar-refractivity contribution < 1.29 is 45.5 Å². The van der Waals surface area contributed by atoms with E-state index >= 15 is 4.39 Å². The molecule has 336 valence electrons. The van der Waals surface area contributed by atoms with Crippen molar-refractivity contribution in [3.63, 3.8) is 0 Å². The van der Waals surface area contributed by atoms with Gasteiger partial charge < -0.3 is 38.0 Å². The Bertz CT molecular complexity index is 2760. The number of methoxy groups -OCH3 is 2. The molecule has 17 heteroatoms. The summed E-state index contributed by atoms with van der Waals surface area (Å²) in [7, 11) is -2.55. The SMILES string of the molecule is COc1ccc(C(OC[C@H]2O[C@@H](n3cc4c(nc3=O)Nc3ccccc3O4)[C@H](F)[C@@H]2O[P@]2O[C@H](CS(=O)(=O)c3ccccc3)[C@@H]3CCCN32)(c2ccccc2)c2ccc(OC)cc2)cc1. The first-order valence-electron chi connectivity index (χ1n) is 21.3. The number of sulfone groups is 1. The van der Waals surface area contributed by atoms with E-state index in [0.717, 1.165) is 27.7 Å². The molecule has 5 heterocycles. The van der Waals surface area contributed by atoms with Crippen molar-refractivity contribution in [1.82, 2.24) is 14.2 Å². The summed E-state index contributed by atoms with van der Waals surface area (Å²) < 4.78 is 92.2. The molecule has 65 heavy (non-hydrogen) atoms. The van der Waals surface area contributed by atoms with Gasteiger partial charge in [-0.25, -0.2) is 22.3 Å². The number of para-hydroxylation sites is 2. The quantitative estimate of drug-likeness (QED) is 0.0825. The monoisotopic (exact) mass is 920 g/mol. The molecule has 0 spiro atoms. The van der Waals surface area contributed by atoms with Crippen molar-refractivity contribution in [1.29, 1.82) is 0 Å². The zero-order valence-corrected chi connectivity index (χ0v) is 37.1. The Morgan fingerprint density at radius 2 is 1.45 bits per heavy atom. The molecule has 1 aromatic heterocycles. The minimum absolute atomic E-state index is 0.178. The molecule has 0 aliphatic carbocycles. The zero-order valence-electron chi connectivity index (χ0n) is 35.4. The van der Waals surface area contributed by atoms with E-state index in [4.69, 9.17) is 32.7 Å². The van der Waals surface area contributed by atoms with E-state index in [2.05, 4.69) is 10.3 Å². The van der Waals surface area contributed by atoms with Crippen LogP contribution in [0.1, 0.15) is 35.8 Å². The van der Waals surface area contributed by atoms with Gasteiger partial charge in [0.1, 0.15) is 29.3 Å². The number of hydrogen-bond donors (Lipinski definition) is 1. The predicted octanol–water partition coefficient (Wildman–Crippen LogP) is 8.30. The summed E-state index contributed by atoms with van der Waals surface area (Å²) in [4.78, 5) is 18.3. The van der Waals surface area contributed by atoms with Crippen LogP contribution < -0.4 is 25.2 Å². The van der Waals surface area contributed by atoms with Crippen LogP contribution in [0.15, 0.2) is 149 Å². The van der Waals surface area contributed by atoms with E-state index in [1.807, 2.05) is 95.7 Å². The fourth-order valence-electron chi connectivity index (χ4n) is 9.04. The molecule has 7 atom stereocenters. The fraction of sp³-hybridized carbons (Fsp3) is 0.292. The Morgan fingerprint density at radius 1 is 0.815 bits per heavy atom. The average molecular weight is 921 g/mol. The lowest BCUT2D eigenvalue weighted by Crippen LogP contribution is -2.40. The number of nitrogens with zero attached hydrogens (tertiary/aromatic N) is 3. The summed E-state index contributed by atoms with van der Waals surface area (Å²) in [5, 5.41) is 3.12. The van der Waals surface area contributed by atoms with Crippen molar-refractivity contribution in [2.24, 2.45) is 0 Å². The Labute approximate surface area is 376 Å². The van der Waals surface area contributed by atoms with Crippen LogP contribution in [0, 0.1) is 0 Å². The van der Waals surface area contributed by atoms with Crippen LogP contribution in [0.4, 0.5) is 15.9 Å². The van der Waals surface area contributed by atoms with Crippen LogP contribution in [0.3, 0.4) is 0 Å². The molecule has 3 fully saturated rings. The Morgan fingerprint density at radius 3 is 2.12 bits per heavy atom. The highest BCUT2D eigenvalue weighted by molar-refractivity contribution is 7.91. The first-order valence-corrected chi connectivity index (χ1v) is 24.1. The number of anilines is 2. The zero-order chi connectivity index (χ0) is 44.7. The van der Waals surface area contributed by atoms with Gasteiger partial charge in [0, 0.05) is 12.6 Å². The van der Waals surface area contributed by atoms with Crippen molar-refractivity contribution in [2.45, 2.75) is 60.1 Å². The third kappa shape index (κ3) is 8.18. The average Bonchev–Trinajstić information content (AvgIpc) is 4.04. The van der Waals surface area contributed by atoms with Gasteiger partial charge in [-0.05, 0) is 78.1 Å². The second kappa shape index (κ2) is 17.9. The molecule has 0 saturated carbocycles. The Balaban J connectivity index is 1.02. The summed E-state index contributed by atoms with van der Waals surface area (Å²) in [6.45, 7) is 0.324. The molecule has 0 amide bonds. The number of nitrogens with one attached hydrogen (secondary N) is 1. The maximum atomic E-state index is 17.6. The molecule has 0 radical (unpaired) electrons. The second-order valence-electron chi connectivity index (χ2n) is 16.1. The molecular formula is C48H46FN4O10PS. The highest BCUT2D eigenvalue weighted by Crippen LogP contribution is 2.58. The highest BCUT2D eigenvalue weighted by Gasteiger charge is 2.55. The minimum Gasteiger partial charge on any atom is -0.497 e. The van der Waals surface area contributed by atoms with Gasteiger partial charge in [-0.3, -0.25) is 4.57 Å². The number of benzene rings is 5. The Kier molecular flexibility index (Phi) is 11.9. The van der Waals surface area contributed by atoms with Gasteiger partial charge in [0.05, 0.1) is 49.5 Å². The maximum Gasteiger partial charge on any atom is 0.352 e. The lowest BCUT2D eigenvalue weighted by atomic mass is 9.80. The third-order valence-corrected chi connectivity index (χ3v) is 15.8. The van der Waals surface area contributed by atoms with Gasteiger partial charge in [-0.15, -0.1) is 0 Å². The number of rotatable bonds is 14. The summed E-state index contributed by atoms with van der Waals surface area (Å²) in [5.41, 5.74) is 0.788. The normalized spacial score (nSPS) is 23.8. The Hall–Kier alpha value is -5.71. The van der Waals surface area contributed by atoms with Crippen molar-refractivity contribution in [3.05, 3.63) is 167 Å². The first-order chi connectivity index (χ1) is 31.6. The number of halogens is 1. The van der Waals surface area contributed by atoms with Crippen LogP contribution in [0.2, 0.25) is 0 Å². The molecule has 0 unspecified atom stereocenters. The van der Waals surface area contributed by atoms with Crippen molar-refractivity contribution >= 4 is 29.9 Å². The van der Waals surface area contributed by atoms with E-state index in [1.54, 1.807) is 56.7 Å². The number of alkyl halides is 1. The van der Waals surface area contributed by atoms with Gasteiger partial charge in [-0.2, -0.15) is 4.98 Å². The standard InChI is InChI=1S/C48H46FN4O10PS/c1-57-34-23-19-32(20-24-34)48(31-12-5-3-6-13-31,33-21-25-35(58-2)26-22-33)59-29-41-44(63-64-53-27-11-17-38(53)42(62-64)30-65(55,56)36-14-7-4-8-15-36)43(49)46(61-41)52-28-40-45(51-47(52)54)50-37-16-9-10-18-39(37)60-40/h3-10,12-16,18-26,28,38,41-44,46H,11,17,27,29-30H2,1-2H3,(H,50,51,54)/t38-,41+,42+,43+,44+,46+,64-/m0/s1. The summed E-state index contributed by atoms with van der Waals surface area (Å²) in [6.07, 6.45) is -3.88. The van der Waals surface area contributed by atoms with E-state index in [0.29, 0.717) is 35.9 Å². The maximum absolute atomic E-state index is 17.6. The fourth-order valence-corrected chi connectivity index (χ4v) is 12.6. The van der Waals surface area contributed by atoms with Gasteiger partial charge in [0.2, 0.25) is 0 Å². The smallest absolute Gasteiger partial charge is 0.352 e. The lowest BCUT2D eigenvalue weighted by molar-refractivity contribution is -0.0930. The van der Waals surface area contributed by atoms with Crippen LogP contribution in [-0.2, 0) is 34.0 Å². The van der Waals surface area contributed by atoms with Gasteiger partial charge >= 0.3 is 5.69 Å². The third-order valence-electron chi connectivity index (χ3n) is 12.3.